The number of rotatable bonds is 6. The molecule has 1 heterocycles. The molecular formula is C23H32N2O4S2. The van der Waals surface area contributed by atoms with Crippen LogP contribution in [0.1, 0.15) is 69.1 Å². The van der Waals surface area contributed by atoms with Gasteiger partial charge in [0.25, 0.3) is 10.0 Å². The highest BCUT2D eigenvalue weighted by molar-refractivity contribution is 7.93. The smallest absolute Gasteiger partial charge is 0.262 e. The zero-order valence-electron chi connectivity index (χ0n) is 18.8. The third-order valence-electron chi connectivity index (χ3n) is 5.71. The Kier molecular flexibility index (Phi) is 6.72. The normalized spacial score (nSPS) is 16.7. The summed E-state index contributed by atoms with van der Waals surface area (Å²) in [6.07, 6.45) is 1.38. The fourth-order valence-electron chi connectivity index (χ4n) is 3.97. The summed E-state index contributed by atoms with van der Waals surface area (Å²) < 4.78 is 56.2. The molecule has 1 fully saturated rings. The van der Waals surface area contributed by atoms with Gasteiger partial charge in [0.15, 0.2) is 0 Å². The van der Waals surface area contributed by atoms with E-state index in [9.17, 15) is 16.8 Å². The molecule has 0 spiro atoms. The molecule has 1 aliphatic heterocycles. The Morgan fingerprint density at radius 2 is 1.58 bits per heavy atom. The summed E-state index contributed by atoms with van der Waals surface area (Å²) in [7, 11) is -7.35. The van der Waals surface area contributed by atoms with Crippen molar-refractivity contribution in [2.45, 2.75) is 64.2 Å². The van der Waals surface area contributed by atoms with E-state index in [0.29, 0.717) is 29.9 Å². The van der Waals surface area contributed by atoms with Gasteiger partial charge in [-0.25, -0.2) is 16.8 Å². The lowest BCUT2D eigenvalue weighted by atomic mass is 9.93. The average molecular weight is 465 g/mol. The van der Waals surface area contributed by atoms with E-state index in [1.165, 1.54) is 10.4 Å². The van der Waals surface area contributed by atoms with Gasteiger partial charge in [-0.1, -0.05) is 52.0 Å². The molecule has 3 rings (SSSR count). The van der Waals surface area contributed by atoms with Crippen LogP contribution in [-0.4, -0.2) is 29.1 Å². The van der Waals surface area contributed by atoms with Gasteiger partial charge in [-0.2, -0.15) is 0 Å². The summed E-state index contributed by atoms with van der Waals surface area (Å²) in [5.41, 5.74) is 3.44. The maximum absolute atomic E-state index is 13.5. The first kappa shape index (κ1) is 23.6. The number of para-hydroxylation sites is 1. The lowest BCUT2D eigenvalue weighted by molar-refractivity contribution is 0.574. The number of aryl methyl sites for hydroxylation is 1. The van der Waals surface area contributed by atoms with Gasteiger partial charge < -0.3 is 0 Å². The van der Waals surface area contributed by atoms with Crippen LogP contribution in [0.2, 0.25) is 0 Å². The second-order valence-electron chi connectivity index (χ2n) is 8.77. The van der Waals surface area contributed by atoms with Crippen molar-refractivity contribution in [3.63, 3.8) is 0 Å². The minimum absolute atomic E-state index is 0.0840. The number of hydrogen-bond donors (Lipinski definition) is 1. The van der Waals surface area contributed by atoms with Gasteiger partial charge in [0, 0.05) is 6.54 Å². The van der Waals surface area contributed by atoms with Crippen molar-refractivity contribution in [2.75, 3.05) is 21.3 Å². The quantitative estimate of drug-likeness (QED) is 0.654. The third kappa shape index (κ3) is 4.90. The number of nitrogens with one attached hydrogen (secondary N) is 1. The minimum atomic E-state index is -3.93. The van der Waals surface area contributed by atoms with E-state index in [0.717, 1.165) is 17.5 Å². The number of sulfonamides is 2. The second-order valence-corrected chi connectivity index (χ2v) is 12.4. The Bertz CT molecular complexity index is 1140. The van der Waals surface area contributed by atoms with Crippen LogP contribution in [0.15, 0.2) is 41.3 Å². The van der Waals surface area contributed by atoms with E-state index in [-0.39, 0.29) is 22.5 Å². The van der Waals surface area contributed by atoms with Crippen LogP contribution in [-0.2, 0) is 20.0 Å². The topological polar surface area (TPSA) is 83.6 Å². The molecule has 0 atom stereocenters. The van der Waals surface area contributed by atoms with Gasteiger partial charge in [-0.3, -0.25) is 9.03 Å². The Labute approximate surface area is 186 Å². The minimum Gasteiger partial charge on any atom is -0.279 e. The average Bonchev–Trinajstić information content (AvgIpc) is 2.67. The molecule has 0 aromatic heterocycles. The standard InChI is InChI=1S/C23H32N2O4S2/c1-16(2)20-9-8-10-21(17(3)4)23(20)24-31(28,29)22-15-19(12-11-18(22)5)25-13-6-7-14-30(25,26)27/h8-12,15-17,24H,6-7,13-14H2,1-5H3. The molecule has 1 saturated heterocycles. The molecule has 8 heteroatoms. The van der Waals surface area contributed by atoms with Gasteiger partial charge in [0.1, 0.15) is 0 Å². The van der Waals surface area contributed by atoms with Crippen molar-refractivity contribution in [1.29, 1.82) is 0 Å². The van der Waals surface area contributed by atoms with Crippen LogP contribution >= 0.6 is 0 Å². The van der Waals surface area contributed by atoms with Gasteiger partial charge in [0.05, 0.1) is 22.0 Å². The first-order chi connectivity index (χ1) is 14.4. The molecule has 0 radical (unpaired) electrons. The maximum atomic E-state index is 13.5. The summed E-state index contributed by atoms with van der Waals surface area (Å²) in [6, 6.07) is 10.7. The highest BCUT2D eigenvalue weighted by atomic mass is 32.2. The Balaban J connectivity index is 2.08. The van der Waals surface area contributed by atoms with Crippen molar-refractivity contribution < 1.29 is 16.8 Å². The molecule has 0 unspecified atom stereocenters. The summed E-state index contributed by atoms with van der Waals surface area (Å²) in [5, 5.41) is 0. The molecule has 0 aliphatic carbocycles. The Morgan fingerprint density at radius 1 is 0.968 bits per heavy atom. The largest absolute Gasteiger partial charge is 0.279 e. The van der Waals surface area contributed by atoms with Crippen LogP contribution in [0.4, 0.5) is 11.4 Å². The van der Waals surface area contributed by atoms with Gasteiger partial charge in [-0.05, 0) is 60.4 Å². The van der Waals surface area contributed by atoms with E-state index < -0.39 is 20.0 Å². The summed E-state index contributed by atoms with van der Waals surface area (Å²) in [4.78, 5) is 0.0963. The van der Waals surface area contributed by atoms with E-state index >= 15 is 0 Å². The molecule has 2 aromatic carbocycles. The molecule has 1 aliphatic rings. The molecule has 0 saturated carbocycles. The molecule has 0 amide bonds. The number of nitrogens with zero attached hydrogens (tertiary/aromatic N) is 1. The first-order valence-electron chi connectivity index (χ1n) is 10.7. The van der Waals surface area contributed by atoms with Crippen LogP contribution in [0.5, 0.6) is 0 Å². The molecular weight excluding hydrogens is 432 g/mol. The Hall–Kier alpha value is -2.06. The van der Waals surface area contributed by atoms with Crippen LogP contribution in [0.25, 0.3) is 0 Å². The van der Waals surface area contributed by atoms with Gasteiger partial charge in [-0.15, -0.1) is 0 Å². The van der Waals surface area contributed by atoms with Crippen LogP contribution < -0.4 is 9.03 Å². The van der Waals surface area contributed by atoms with Crippen molar-refractivity contribution in [1.82, 2.24) is 0 Å². The zero-order valence-corrected chi connectivity index (χ0v) is 20.5. The molecule has 2 aromatic rings. The summed E-state index contributed by atoms with van der Waals surface area (Å²) >= 11 is 0. The van der Waals surface area contributed by atoms with E-state index in [1.54, 1.807) is 19.1 Å². The van der Waals surface area contributed by atoms with Crippen molar-refractivity contribution in [2.24, 2.45) is 0 Å². The first-order valence-corrected chi connectivity index (χ1v) is 13.8. The third-order valence-corrected chi connectivity index (χ3v) is 9.07. The molecule has 1 N–H and O–H groups in total. The fraction of sp³-hybridized carbons (Fsp3) is 0.478. The Morgan fingerprint density at radius 3 is 2.13 bits per heavy atom. The zero-order chi connectivity index (χ0) is 23.0. The number of anilines is 2. The summed E-state index contributed by atoms with van der Waals surface area (Å²) in [5.74, 6) is 0.366. The van der Waals surface area contributed by atoms with Crippen molar-refractivity contribution in [3.8, 4) is 0 Å². The number of benzene rings is 2. The molecule has 0 bridgehead atoms. The SMILES string of the molecule is Cc1ccc(N2CCCCS2(=O)=O)cc1S(=O)(=O)Nc1c(C(C)C)cccc1C(C)C. The lowest BCUT2D eigenvalue weighted by Crippen LogP contribution is -2.38. The highest BCUT2D eigenvalue weighted by Crippen LogP contribution is 2.35. The molecule has 6 nitrogen and oxygen atoms in total. The molecule has 170 valence electrons. The maximum Gasteiger partial charge on any atom is 0.262 e. The summed E-state index contributed by atoms with van der Waals surface area (Å²) in [6.45, 7) is 10.2. The van der Waals surface area contributed by atoms with E-state index in [4.69, 9.17) is 0 Å². The second kappa shape index (κ2) is 8.82. The van der Waals surface area contributed by atoms with Crippen LogP contribution in [0, 0.1) is 6.92 Å². The van der Waals surface area contributed by atoms with E-state index in [1.807, 2.05) is 45.9 Å². The lowest BCUT2D eigenvalue weighted by Gasteiger charge is -2.29. The molecule has 31 heavy (non-hydrogen) atoms. The van der Waals surface area contributed by atoms with E-state index in [2.05, 4.69) is 4.72 Å². The van der Waals surface area contributed by atoms with Gasteiger partial charge >= 0.3 is 0 Å². The predicted molar refractivity (Wildman–Crippen MR) is 127 cm³/mol. The monoisotopic (exact) mass is 464 g/mol. The number of hydrogen-bond acceptors (Lipinski definition) is 4. The van der Waals surface area contributed by atoms with Gasteiger partial charge in [0.2, 0.25) is 10.0 Å². The van der Waals surface area contributed by atoms with Crippen molar-refractivity contribution in [3.05, 3.63) is 53.1 Å². The fourth-order valence-corrected chi connectivity index (χ4v) is 6.98. The van der Waals surface area contributed by atoms with Crippen molar-refractivity contribution >= 4 is 31.4 Å². The highest BCUT2D eigenvalue weighted by Gasteiger charge is 2.28. The predicted octanol–water partition coefficient (Wildman–Crippen LogP) is 4.97. The van der Waals surface area contributed by atoms with Crippen LogP contribution in [0.3, 0.4) is 0 Å².